The molecule has 1 fully saturated rings. The maximum absolute atomic E-state index is 12.7. The van der Waals surface area contributed by atoms with E-state index in [0.717, 1.165) is 36.8 Å². The third kappa shape index (κ3) is 5.81. The molecule has 1 aliphatic carbocycles. The molecule has 0 bridgehead atoms. The number of benzene rings is 1. The molecule has 6 nitrogen and oxygen atoms in total. The number of nitrogens with zero attached hydrogens (tertiary/aromatic N) is 1. The van der Waals surface area contributed by atoms with Gasteiger partial charge in [0.25, 0.3) is 11.8 Å². The highest BCUT2D eigenvalue weighted by Crippen LogP contribution is 2.23. The molecule has 2 amide bonds. The molecule has 6 heteroatoms. The second kappa shape index (κ2) is 10.2. The summed E-state index contributed by atoms with van der Waals surface area (Å²) in [5.74, 6) is -1.11. The molecule has 0 unspecified atom stereocenters. The molecule has 0 aromatic heterocycles. The van der Waals surface area contributed by atoms with Crippen LogP contribution in [0.5, 0.6) is 0 Å². The smallest absolute Gasteiger partial charge is 0.326 e. The van der Waals surface area contributed by atoms with Crippen molar-refractivity contribution in [3.05, 3.63) is 34.9 Å². The minimum atomic E-state index is -0.854. The second-order valence-corrected chi connectivity index (χ2v) is 7.53. The van der Waals surface area contributed by atoms with Crippen molar-refractivity contribution >= 4 is 17.8 Å². The lowest BCUT2D eigenvalue weighted by Gasteiger charge is -2.35. The summed E-state index contributed by atoms with van der Waals surface area (Å²) in [6, 6.07) is 5.61. The molecular weight excluding hydrogens is 356 g/mol. The van der Waals surface area contributed by atoms with E-state index in [9.17, 15) is 14.4 Å². The van der Waals surface area contributed by atoms with Crippen LogP contribution in [-0.4, -0.2) is 47.9 Å². The van der Waals surface area contributed by atoms with E-state index >= 15 is 0 Å². The van der Waals surface area contributed by atoms with Crippen LogP contribution < -0.4 is 5.32 Å². The van der Waals surface area contributed by atoms with Gasteiger partial charge in [-0.15, -0.1) is 0 Å². The van der Waals surface area contributed by atoms with Gasteiger partial charge >= 0.3 is 5.97 Å². The Kier molecular flexibility index (Phi) is 8.03. The number of carbonyl (C=O) groups is 3. The van der Waals surface area contributed by atoms with Crippen molar-refractivity contribution in [1.29, 1.82) is 0 Å². The summed E-state index contributed by atoms with van der Waals surface area (Å²) in [4.78, 5) is 38.8. The van der Waals surface area contributed by atoms with Crippen molar-refractivity contribution in [2.45, 2.75) is 71.9 Å². The largest absolute Gasteiger partial charge is 0.451 e. The number of esters is 1. The van der Waals surface area contributed by atoms with Crippen molar-refractivity contribution in [2.75, 3.05) is 13.1 Å². The fraction of sp³-hybridized carbons (Fsp3) is 0.591. The molecule has 1 N–H and O–H groups in total. The molecule has 1 saturated carbocycles. The normalized spacial score (nSPS) is 15.6. The monoisotopic (exact) mass is 388 g/mol. The number of likely N-dealkylation sites (N-methyl/N-ethyl adjacent to an activating group) is 1. The lowest BCUT2D eigenvalue weighted by atomic mass is 9.94. The van der Waals surface area contributed by atoms with Crippen molar-refractivity contribution in [3.8, 4) is 0 Å². The van der Waals surface area contributed by atoms with Crippen LogP contribution in [0.15, 0.2) is 18.2 Å². The summed E-state index contributed by atoms with van der Waals surface area (Å²) in [6.45, 7) is 7.79. The van der Waals surface area contributed by atoms with Crippen molar-refractivity contribution in [2.24, 2.45) is 0 Å². The highest BCUT2D eigenvalue weighted by Gasteiger charge is 2.29. The number of ether oxygens (including phenoxy) is 1. The molecule has 1 atom stereocenters. The summed E-state index contributed by atoms with van der Waals surface area (Å²) in [7, 11) is 0. The van der Waals surface area contributed by atoms with Gasteiger partial charge in [-0.25, -0.2) is 0 Å². The van der Waals surface area contributed by atoms with Crippen LogP contribution >= 0.6 is 0 Å². The Morgan fingerprint density at radius 3 is 2.43 bits per heavy atom. The van der Waals surface area contributed by atoms with Gasteiger partial charge in [0, 0.05) is 18.2 Å². The molecular formula is C22H32N2O4. The van der Waals surface area contributed by atoms with Gasteiger partial charge in [0.15, 0.2) is 6.10 Å². The van der Waals surface area contributed by atoms with Gasteiger partial charge in [-0.05, 0) is 63.8 Å². The maximum Gasteiger partial charge on any atom is 0.326 e. The fourth-order valence-corrected chi connectivity index (χ4v) is 3.65. The summed E-state index contributed by atoms with van der Waals surface area (Å²) >= 11 is 0. The summed E-state index contributed by atoms with van der Waals surface area (Å²) < 4.78 is 5.27. The zero-order chi connectivity index (χ0) is 20.7. The minimum absolute atomic E-state index is 0.164. The lowest BCUT2D eigenvalue weighted by molar-refractivity contribution is -0.159. The standard InChI is InChI=1S/C22H32N2O4/c1-5-24(19-9-7-6-8-10-19)22(27)17(4)28-20(25)14-23-21(26)18-12-11-15(2)16(3)13-18/h11-13,17,19H,5-10,14H2,1-4H3,(H,23,26)/t17-/m0/s1. The Bertz CT molecular complexity index is 710. The zero-order valence-electron chi connectivity index (χ0n) is 17.4. The van der Waals surface area contributed by atoms with Crippen LogP contribution in [-0.2, 0) is 14.3 Å². The SMILES string of the molecule is CCN(C(=O)[C@H](C)OC(=O)CNC(=O)c1ccc(C)c(C)c1)C1CCCCC1. The number of carbonyl (C=O) groups excluding carboxylic acids is 3. The maximum atomic E-state index is 12.7. The van der Waals surface area contributed by atoms with E-state index in [4.69, 9.17) is 4.74 Å². The first-order valence-corrected chi connectivity index (χ1v) is 10.2. The van der Waals surface area contributed by atoms with Gasteiger partial charge in [-0.3, -0.25) is 14.4 Å². The molecule has 1 aromatic carbocycles. The first kappa shape index (κ1) is 21.9. The quantitative estimate of drug-likeness (QED) is 0.728. The molecule has 28 heavy (non-hydrogen) atoms. The molecule has 1 aliphatic rings. The predicted molar refractivity (Wildman–Crippen MR) is 108 cm³/mol. The Morgan fingerprint density at radius 2 is 1.82 bits per heavy atom. The Morgan fingerprint density at radius 1 is 1.14 bits per heavy atom. The van der Waals surface area contributed by atoms with Crippen LogP contribution in [0.25, 0.3) is 0 Å². The van der Waals surface area contributed by atoms with E-state index in [1.165, 1.54) is 6.42 Å². The van der Waals surface area contributed by atoms with E-state index in [2.05, 4.69) is 5.32 Å². The predicted octanol–water partition coefficient (Wildman–Crippen LogP) is 3.15. The molecule has 0 heterocycles. The summed E-state index contributed by atoms with van der Waals surface area (Å²) in [6.07, 6.45) is 4.64. The van der Waals surface area contributed by atoms with Crippen LogP contribution in [0.1, 0.15) is 67.4 Å². The molecule has 154 valence electrons. The minimum Gasteiger partial charge on any atom is -0.451 e. The number of aryl methyl sites for hydroxylation is 2. The average molecular weight is 389 g/mol. The highest BCUT2D eigenvalue weighted by atomic mass is 16.5. The molecule has 1 aromatic rings. The third-order valence-electron chi connectivity index (χ3n) is 5.46. The first-order chi connectivity index (χ1) is 13.3. The van der Waals surface area contributed by atoms with Crippen LogP contribution in [0.4, 0.5) is 0 Å². The molecule has 0 spiro atoms. The molecule has 0 aliphatic heterocycles. The van der Waals surface area contributed by atoms with Gasteiger partial charge < -0.3 is 15.0 Å². The zero-order valence-corrected chi connectivity index (χ0v) is 17.4. The Balaban J connectivity index is 1.84. The van der Waals surface area contributed by atoms with Crippen LogP contribution in [0.3, 0.4) is 0 Å². The summed E-state index contributed by atoms with van der Waals surface area (Å²) in [5.41, 5.74) is 2.60. The number of nitrogens with one attached hydrogen (secondary N) is 1. The molecule has 0 saturated heterocycles. The number of hydrogen-bond donors (Lipinski definition) is 1. The molecule has 0 radical (unpaired) electrons. The van der Waals surface area contributed by atoms with Crippen molar-refractivity contribution in [1.82, 2.24) is 10.2 Å². The average Bonchev–Trinajstić information content (AvgIpc) is 2.69. The molecule has 2 rings (SSSR count). The van der Waals surface area contributed by atoms with Crippen molar-refractivity contribution < 1.29 is 19.1 Å². The van der Waals surface area contributed by atoms with Crippen LogP contribution in [0.2, 0.25) is 0 Å². The lowest BCUT2D eigenvalue weighted by Crippen LogP contribution is -2.47. The van der Waals surface area contributed by atoms with E-state index in [1.807, 2.05) is 31.7 Å². The van der Waals surface area contributed by atoms with E-state index in [0.29, 0.717) is 12.1 Å². The van der Waals surface area contributed by atoms with E-state index < -0.39 is 12.1 Å². The van der Waals surface area contributed by atoms with Gasteiger partial charge in [-0.2, -0.15) is 0 Å². The number of rotatable bonds is 7. The Labute approximate surface area is 167 Å². The van der Waals surface area contributed by atoms with Gasteiger partial charge in [0.05, 0.1) is 0 Å². The number of hydrogen-bond acceptors (Lipinski definition) is 4. The topological polar surface area (TPSA) is 75.7 Å². The van der Waals surface area contributed by atoms with Crippen LogP contribution in [0, 0.1) is 13.8 Å². The van der Waals surface area contributed by atoms with Gasteiger partial charge in [0.2, 0.25) is 0 Å². The number of amides is 2. The van der Waals surface area contributed by atoms with E-state index in [-0.39, 0.29) is 24.4 Å². The first-order valence-electron chi connectivity index (χ1n) is 10.2. The van der Waals surface area contributed by atoms with Crippen molar-refractivity contribution in [3.63, 3.8) is 0 Å². The second-order valence-electron chi connectivity index (χ2n) is 7.53. The fourth-order valence-electron chi connectivity index (χ4n) is 3.65. The Hall–Kier alpha value is -2.37. The highest BCUT2D eigenvalue weighted by molar-refractivity contribution is 5.96. The summed E-state index contributed by atoms with van der Waals surface area (Å²) in [5, 5.41) is 2.56. The third-order valence-corrected chi connectivity index (χ3v) is 5.46. The van der Waals surface area contributed by atoms with Gasteiger partial charge in [0.1, 0.15) is 6.54 Å². The van der Waals surface area contributed by atoms with E-state index in [1.54, 1.807) is 19.1 Å². The van der Waals surface area contributed by atoms with Gasteiger partial charge in [-0.1, -0.05) is 25.3 Å².